The van der Waals surface area contributed by atoms with Crippen LogP contribution in [-0.4, -0.2) is 41.7 Å². The minimum atomic E-state index is 0.264. The van der Waals surface area contributed by atoms with E-state index in [4.69, 9.17) is 10.5 Å². The first-order valence-electron chi connectivity index (χ1n) is 7.65. The topological polar surface area (TPSA) is 71.6 Å². The third kappa shape index (κ3) is 3.83. The summed E-state index contributed by atoms with van der Waals surface area (Å²) in [5.74, 6) is 1.00. The van der Waals surface area contributed by atoms with Gasteiger partial charge in [0.2, 0.25) is 0 Å². The van der Waals surface area contributed by atoms with E-state index < -0.39 is 0 Å². The summed E-state index contributed by atoms with van der Waals surface area (Å²) in [6, 6.07) is 5.23. The Hall–Kier alpha value is -2.05. The predicted octanol–water partition coefficient (Wildman–Crippen LogP) is 2.55. The molecule has 23 heavy (non-hydrogen) atoms. The number of ether oxygens (including phenoxy) is 1. The van der Waals surface area contributed by atoms with Crippen LogP contribution in [0.3, 0.4) is 0 Å². The molecule has 0 spiro atoms. The van der Waals surface area contributed by atoms with Crippen molar-refractivity contribution in [2.45, 2.75) is 12.8 Å². The van der Waals surface area contributed by atoms with Gasteiger partial charge in [-0.1, -0.05) is 12.2 Å². The molecule has 1 aromatic heterocycles. The fraction of sp³-hybridized carbons (Fsp3) is 0.353. The highest BCUT2D eigenvalue weighted by Gasteiger charge is 2.16. The Kier molecular flexibility index (Phi) is 4.83. The van der Waals surface area contributed by atoms with E-state index in [1.54, 1.807) is 30.6 Å². The largest absolute Gasteiger partial charge is 0.507 e. The molecule has 0 atom stereocenters. The fourth-order valence-corrected chi connectivity index (χ4v) is 3.60. The first kappa shape index (κ1) is 15.8. The second-order valence-electron chi connectivity index (χ2n) is 5.55. The van der Waals surface area contributed by atoms with Crippen LogP contribution in [-0.2, 0) is 12.8 Å². The van der Waals surface area contributed by atoms with E-state index in [0.29, 0.717) is 5.13 Å². The van der Waals surface area contributed by atoms with Crippen LogP contribution in [0, 0.1) is 0 Å². The Morgan fingerprint density at radius 2 is 2.22 bits per heavy atom. The highest BCUT2D eigenvalue weighted by Crippen LogP contribution is 2.25. The summed E-state index contributed by atoms with van der Waals surface area (Å²) < 4.78 is 5.19. The third-order valence-electron chi connectivity index (χ3n) is 4.01. The molecule has 2 heterocycles. The molecule has 1 aliphatic rings. The summed E-state index contributed by atoms with van der Waals surface area (Å²) in [4.78, 5) is 8.11. The molecule has 0 bridgehead atoms. The van der Waals surface area contributed by atoms with Crippen LogP contribution < -0.4 is 10.5 Å². The molecule has 0 saturated heterocycles. The number of aromatic nitrogens is 1. The zero-order chi connectivity index (χ0) is 16.2. The molecular weight excluding hydrogens is 310 g/mol. The summed E-state index contributed by atoms with van der Waals surface area (Å²) in [5, 5.41) is 10.6. The molecule has 5 nitrogen and oxygen atoms in total. The van der Waals surface area contributed by atoms with Crippen LogP contribution in [0.25, 0.3) is 6.08 Å². The molecule has 0 fully saturated rings. The summed E-state index contributed by atoms with van der Waals surface area (Å²) in [7, 11) is 1.62. The number of benzene rings is 1. The van der Waals surface area contributed by atoms with Gasteiger partial charge in [-0.15, -0.1) is 11.3 Å². The maximum atomic E-state index is 9.89. The van der Waals surface area contributed by atoms with E-state index in [2.05, 4.69) is 16.0 Å². The summed E-state index contributed by atoms with van der Waals surface area (Å²) >= 11 is 1.61. The number of fused-ring (bicyclic) bond motifs is 1. The van der Waals surface area contributed by atoms with Gasteiger partial charge in [0.05, 0.1) is 12.8 Å². The molecule has 1 aliphatic heterocycles. The van der Waals surface area contributed by atoms with Gasteiger partial charge in [0, 0.05) is 36.5 Å². The Balaban J connectivity index is 1.59. The molecule has 1 aromatic carbocycles. The first-order chi connectivity index (χ1) is 11.2. The second-order valence-corrected chi connectivity index (χ2v) is 6.66. The summed E-state index contributed by atoms with van der Waals surface area (Å²) in [5.41, 5.74) is 7.70. The van der Waals surface area contributed by atoms with Gasteiger partial charge in [-0.3, -0.25) is 4.90 Å². The number of nitrogen functional groups attached to an aromatic ring is 1. The molecule has 0 radical (unpaired) electrons. The van der Waals surface area contributed by atoms with Gasteiger partial charge in [0.1, 0.15) is 11.5 Å². The van der Waals surface area contributed by atoms with Gasteiger partial charge in [0.15, 0.2) is 5.13 Å². The number of aromatic hydroxyl groups is 1. The Morgan fingerprint density at radius 3 is 3.04 bits per heavy atom. The Labute approximate surface area is 140 Å². The minimum Gasteiger partial charge on any atom is -0.507 e. The summed E-state index contributed by atoms with van der Waals surface area (Å²) in [6.07, 6.45) is 5.97. The molecule has 2 aromatic rings. The highest BCUT2D eigenvalue weighted by molar-refractivity contribution is 7.15. The lowest BCUT2D eigenvalue weighted by molar-refractivity contribution is 0.318. The maximum Gasteiger partial charge on any atom is 0.180 e. The number of phenols is 1. The molecular formula is C17H21N3O2S. The van der Waals surface area contributed by atoms with Gasteiger partial charge < -0.3 is 15.6 Å². The van der Waals surface area contributed by atoms with Crippen molar-refractivity contribution < 1.29 is 9.84 Å². The van der Waals surface area contributed by atoms with Gasteiger partial charge in [-0.05, 0) is 24.6 Å². The Bertz CT molecular complexity index is 686. The van der Waals surface area contributed by atoms with Gasteiger partial charge in [-0.2, -0.15) is 0 Å². The number of rotatable bonds is 4. The number of nitrogens with two attached hydrogens (primary N) is 1. The predicted molar refractivity (Wildman–Crippen MR) is 94.1 cm³/mol. The first-order valence-corrected chi connectivity index (χ1v) is 8.47. The second kappa shape index (κ2) is 7.02. The van der Waals surface area contributed by atoms with E-state index >= 15 is 0 Å². The number of phenolic OH excluding ortho intramolecular Hbond substituents is 1. The lowest BCUT2D eigenvalue weighted by Crippen LogP contribution is -2.26. The molecule has 6 heteroatoms. The number of hydrogen-bond donors (Lipinski definition) is 2. The van der Waals surface area contributed by atoms with Crippen LogP contribution in [0.5, 0.6) is 11.5 Å². The maximum absolute atomic E-state index is 9.89. The number of anilines is 1. The van der Waals surface area contributed by atoms with Crippen LogP contribution >= 0.6 is 11.3 Å². The van der Waals surface area contributed by atoms with E-state index in [1.807, 2.05) is 12.1 Å². The van der Waals surface area contributed by atoms with Crippen LogP contribution in [0.1, 0.15) is 16.1 Å². The third-order valence-corrected chi connectivity index (χ3v) is 5.00. The van der Waals surface area contributed by atoms with Crippen molar-refractivity contribution in [1.82, 2.24) is 9.88 Å². The number of nitrogens with zero attached hydrogens (tertiary/aromatic N) is 2. The van der Waals surface area contributed by atoms with Crippen molar-refractivity contribution in [3.8, 4) is 11.5 Å². The fourth-order valence-electron chi connectivity index (χ4n) is 2.73. The molecule has 0 aliphatic carbocycles. The van der Waals surface area contributed by atoms with Crippen LogP contribution in [0.4, 0.5) is 5.13 Å². The van der Waals surface area contributed by atoms with Crippen molar-refractivity contribution in [3.63, 3.8) is 0 Å². The lowest BCUT2D eigenvalue weighted by Gasteiger charge is -2.17. The van der Waals surface area contributed by atoms with Crippen LogP contribution in [0.15, 0.2) is 24.3 Å². The average molecular weight is 331 g/mol. The average Bonchev–Trinajstić information content (AvgIpc) is 2.81. The van der Waals surface area contributed by atoms with E-state index in [1.165, 1.54) is 4.88 Å². The van der Waals surface area contributed by atoms with Gasteiger partial charge in [0.25, 0.3) is 0 Å². The quantitative estimate of drug-likeness (QED) is 0.901. The molecule has 0 unspecified atom stereocenters. The molecule has 3 N–H and O–H groups in total. The zero-order valence-corrected chi connectivity index (χ0v) is 14.0. The highest BCUT2D eigenvalue weighted by atomic mass is 32.1. The monoisotopic (exact) mass is 331 g/mol. The van der Waals surface area contributed by atoms with E-state index in [-0.39, 0.29) is 5.75 Å². The lowest BCUT2D eigenvalue weighted by atomic mass is 10.1. The number of methoxy groups -OCH3 is 1. The van der Waals surface area contributed by atoms with Crippen molar-refractivity contribution >= 4 is 22.5 Å². The van der Waals surface area contributed by atoms with Gasteiger partial charge >= 0.3 is 0 Å². The van der Waals surface area contributed by atoms with Crippen molar-refractivity contribution in [3.05, 3.63) is 40.4 Å². The van der Waals surface area contributed by atoms with Crippen molar-refractivity contribution in [2.24, 2.45) is 0 Å². The minimum absolute atomic E-state index is 0.264. The smallest absolute Gasteiger partial charge is 0.180 e. The molecule has 0 saturated carbocycles. The van der Waals surface area contributed by atoms with Crippen molar-refractivity contribution in [1.29, 1.82) is 0 Å². The molecule has 0 amide bonds. The SMILES string of the molecule is COc1ccc(O)c(/C=C/CN2CCc3nc(N)sc3CC2)c1. The molecule has 3 rings (SSSR count). The Morgan fingerprint density at radius 1 is 1.39 bits per heavy atom. The molecule has 122 valence electrons. The van der Waals surface area contributed by atoms with Crippen LogP contribution in [0.2, 0.25) is 0 Å². The standard InChI is InChI=1S/C17H21N3O2S/c1-22-13-4-5-15(21)12(11-13)3-2-8-20-9-6-14-16(7-10-20)23-17(18)19-14/h2-5,11,21H,6-10H2,1H3,(H2,18,19)/b3-2+. The summed E-state index contributed by atoms with van der Waals surface area (Å²) in [6.45, 7) is 2.83. The van der Waals surface area contributed by atoms with E-state index in [9.17, 15) is 5.11 Å². The zero-order valence-electron chi connectivity index (χ0n) is 13.2. The van der Waals surface area contributed by atoms with E-state index in [0.717, 1.165) is 49.5 Å². The number of hydrogen-bond acceptors (Lipinski definition) is 6. The van der Waals surface area contributed by atoms with Crippen molar-refractivity contribution in [2.75, 3.05) is 32.5 Å². The normalized spacial score (nSPS) is 15.5. The van der Waals surface area contributed by atoms with Gasteiger partial charge in [-0.25, -0.2) is 4.98 Å². The number of thiazole rings is 1.